The minimum atomic E-state index is -2.30. The van der Waals surface area contributed by atoms with E-state index in [1.54, 1.807) is 59.8 Å². The number of ether oxygens (including phenoxy) is 8. The van der Waals surface area contributed by atoms with Crippen molar-refractivity contribution in [1.82, 2.24) is 0 Å². The van der Waals surface area contributed by atoms with E-state index in [2.05, 4.69) is 0 Å². The van der Waals surface area contributed by atoms with E-state index in [1.807, 2.05) is 13.0 Å². The number of carbonyl (C=O) groups is 5. The Morgan fingerprint density at radius 1 is 0.939 bits per heavy atom. The van der Waals surface area contributed by atoms with Crippen molar-refractivity contribution in [3.63, 3.8) is 0 Å². The molecule has 2 aliphatic rings. The van der Waals surface area contributed by atoms with Crippen LogP contribution in [0.1, 0.15) is 127 Å². The predicted molar refractivity (Wildman–Crippen MR) is 242 cm³/mol. The Balaban J connectivity index is 2.57. The molecule has 1 unspecified atom stereocenters. The van der Waals surface area contributed by atoms with Crippen LogP contribution in [0.3, 0.4) is 0 Å². The van der Waals surface area contributed by atoms with Crippen molar-refractivity contribution in [3.8, 4) is 0 Å². The molecule has 0 aromatic carbocycles. The monoisotopic (exact) mass is 937 g/mol. The first kappa shape index (κ1) is 57.9. The Kier molecular flexibility index (Phi) is 23.1. The van der Waals surface area contributed by atoms with Gasteiger partial charge in [0.25, 0.3) is 0 Å². The summed E-state index contributed by atoms with van der Waals surface area (Å²) in [5, 5.41) is 45.9. The molecule has 2 aliphatic heterocycles. The summed E-state index contributed by atoms with van der Waals surface area (Å²) in [6, 6.07) is 0. The number of methoxy groups -OCH3 is 3. The van der Waals surface area contributed by atoms with E-state index in [1.165, 1.54) is 53.4 Å². The molecular weight excluding hydrogens is 861 g/mol. The molecule has 0 aromatic rings. The Labute approximate surface area is 390 Å². The minimum Gasteiger partial charge on any atom is -0.466 e. The van der Waals surface area contributed by atoms with Crippen LogP contribution in [0.5, 0.6) is 0 Å². The maximum atomic E-state index is 13.2. The van der Waals surface area contributed by atoms with E-state index in [-0.39, 0.29) is 44.1 Å². The molecule has 0 saturated carbocycles. The van der Waals surface area contributed by atoms with Crippen LogP contribution in [-0.4, -0.2) is 132 Å². The third-order valence-electron chi connectivity index (χ3n) is 12.2. The van der Waals surface area contributed by atoms with Gasteiger partial charge in [0.15, 0.2) is 11.9 Å². The van der Waals surface area contributed by atoms with Crippen molar-refractivity contribution in [2.24, 2.45) is 10.8 Å². The van der Waals surface area contributed by atoms with E-state index in [0.717, 1.165) is 18.9 Å². The summed E-state index contributed by atoms with van der Waals surface area (Å²) in [6.07, 6.45) is 5.93. The highest BCUT2D eigenvalue weighted by Gasteiger charge is 2.58. The fraction of sp³-hybridized carbons (Fsp3) is 0.694. The molecule has 0 bridgehead atoms. The highest BCUT2D eigenvalue weighted by Crippen LogP contribution is 2.49. The lowest BCUT2D eigenvalue weighted by molar-refractivity contribution is -0.348. The van der Waals surface area contributed by atoms with Gasteiger partial charge in [-0.25, -0.2) is 14.4 Å². The van der Waals surface area contributed by atoms with Crippen LogP contribution in [0.4, 0.5) is 0 Å². The van der Waals surface area contributed by atoms with Crippen LogP contribution in [0.15, 0.2) is 59.8 Å². The van der Waals surface area contributed by atoms with Crippen molar-refractivity contribution < 1.29 is 82.3 Å². The first-order valence-corrected chi connectivity index (χ1v) is 22.7. The molecule has 2 heterocycles. The van der Waals surface area contributed by atoms with Crippen LogP contribution in [0, 0.1) is 10.8 Å². The molecule has 17 nitrogen and oxygen atoms in total. The number of esters is 5. The Hall–Kier alpha value is -4.23. The quantitative estimate of drug-likeness (QED) is 0.0232. The lowest BCUT2D eigenvalue weighted by atomic mass is 9.70. The average Bonchev–Trinajstić information content (AvgIpc) is 3.24. The van der Waals surface area contributed by atoms with Crippen LogP contribution in [0.25, 0.3) is 0 Å². The molecule has 374 valence electrons. The fourth-order valence-corrected chi connectivity index (χ4v) is 8.08. The summed E-state index contributed by atoms with van der Waals surface area (Å²) in [4.78, 5) is 63.3. The second-order valence-electron chi connectivity index (χ2n) is 18.1. The van der Waals surface area contributed by atoms with Gasteiger partial charge in [0.1, 0.15) is 12.2 Å². The highest BCUT2D eigenvalue weighted by atomic mass is 16.7. The minimum absolute atomic E-state index is 0.0747. The zero-order chi connectivity index (χ0) is 50.0. The maximum Gasteiger partial charge on any atom is 0.331 e. The van der Waals surface area contributed by atoms with E-state index in [0.29, 0.717) is 12.0 Å². The number of aliphatic hydroxyl groups excluding tert-OH is 2. The van der Waals surface area contributed by atoms with Crippen molar-refractivity contribution in [2.75, 3.05) is 21.3 Å². The van der Waals surface area contributed by atoms with Crippen LogP contribution < -0.4 is 0 Å². The van der Waals surface area contributed by atoms with Gasteiger partial charge in [0.2, 0.25) is 5.79 Å². The molecule has 0 aromatic heterocycles. The summed E-state index contributed by atoms with van der Waals surface area (Å²) in [7, 11) is 3.67. The number of hydrogen-bond acceptors (Lipinski definition) is 17. The number of allylic oxidation sites excluding steroid dienone is 3. The first-order valence-electron chi connectivity index (χ1n) is 22.7. The molecule has 17 heteroatoms. The molecule has 66 heavy (non-hydrogen) atoms. The van der Waals surface area contributed by atoms with Crippen molar-refractivity contribution >= 4 is 29.8 Å². The lowest BCUT2D eigenvalue weighted by Crippen LogP contribution is -2.62. The summed E-state index contributed by atoms with van der Waals surface area (Å²) in [5.41, 5.74) is -1.86. The van der Waals surface area contributed by atoms with E-state index >= 15 is 0 Å². The molecule has 2 saturated heterocycles. The highest BCUT2D eigenvalue weighted by molar-refractivity contribution is 5.84. The molecule has 2 rings (SSSR count). The van der Waals surface area contributed by atoms with Gasteiger partial charge < -0.3 is 58.3 Å². The van der Waals surface area contributed by atoms with Crippen LogP contribution in [-0.2, 0) is 61.9 Å². The Morgan fingerprint density at radius 3 is 2.17 bits per heavy atom. The van der Waals surface area contributed by atoms with Gasteiger partial charge in [-0.1, -0.05) is 90.8 Å². The van der Waals surface area contributed by atoms with Gasteiger partial charge in [0.05, 0.1) is 56.6 Å². The zero-order valence-electron chi connectivity index (χ0n) is 40.9. The Bertz CT molecular complexity index is 1780. The van der Waals surface area contributed by atoms with Crippen LogP contribution >= 0.6 is 0 Å². The second kappa shape index (κ2) is 26.3. The maximum absolute atomic E-state index is 13.2. The summed E-state index contributed by atoms with van der Waals surface area (Å²) in [5.74, 6) is -7.88. The third kappa shape index (κ3) is 16.5. The van der Waals surface area contributed by atoms with E-state index < -0.39 is 108 Å². The molecule has 0 radical (unpaired) electrons. The lowest BCUT2D eigenvalue weighted by Gasteiger charge is -2.53. The number of hydrogen-bond donors (Lipinski definition) is 4. The second-order valence-corrected chi connectivity index (χ2v) is 18.1. The topological polar surface area (TPSA) is 240 Å². The predicted octanol–water partition coefficient (Wildman–Crippen LogP) is 5.55. The fourth-order valence-electron chi connectivity index (χ4n) is 8.08. The van der Waals surface area contributed by atoms with Crippen LogP contribution in [0.2, 0.25) is 0 Å². The number of unbranched alkanes of at least 4 members (excludes halogenated alkanes) is 1. The summed E-state index contributed by atoms with van der Waals surface area (Å²) in [6.45, 7) is 14.8. The van der Waals surface area contributed by atoms with Gasteiger partial charge in [-0.15, -0.1) is 0 Å². The Morgan fingerprint density at radius 2 is 1.61 bits per heavy atom. The van der Waals surface area contributed by atoms with Gasteiger partial charge in [0, 0.05) is 56.9 Å². The van der Waals surface area contributed by atoms with E-state index in [9.17, 15) is 44.4 Å². The van der Waals surface area contributed by atoms with Gasteiger partial charge in [-0.3, -0.25) is 9.59 Å². The molecule has 0 amide bonds. The molecular formula is C49H76O17. The molecule has 0 spiro atoms. The number of carbonyl (C=O) groups excluding carboxylic acids is 5. The molecule has 2 fully saturated rings. The van der Waals surface area contributed by atoms with Gasteiger partial charge in [-0.2, -0.15) is 0 Å². The average molecular weight is 937 g/mol. The molecule has 10 atom stereocenters. The van der Waals surface area contributed by atoms with Crippen molar-refractivity contribution in [2.45, 2.75) is 187 Å². The van der Waals surface area contributed by atoms with Gasteiger partial charge in [-0.05, 0) is 44.6 Å². The first-order chi connectivity index (χ1) is 30.8. The smallest absolute Gasteiger partial charge is 0.331 e. The van der Waals surface area contributed by atoms with Gasteiger partial charge >= 0.3 is 29.8 Å². The summed E-state index contributed by atoms with van der Waals surface area (Å²) < 4.78 is 45.4. The standard InChI is InChI=1S/C49H76O17/c1-13-16-17-18-19-20-41(53)65-45(34(14-2)26-43(55)60-11)49(58,61-12)46(6,7)22-21-36-23-33(25-42(54)59-10)24-38(63-36)30-48(57)47(8,9)40(62-32(5)51)29-37(66-48)27-35(52)28-44(56)64-39(15-3)31(4)50/h17-22,25-26,31,35-40,45,50,52,57-58H,13-16,23-24,27-30H2,1-12H3/b18-17+,20-19+,22-21+,33-25+,34-26+/t31-,35-,36+,37-,38+,39-,40+,45+,48?,49-/m1/s1. The normalized spacial score (nSPS) is 26.1. The van der Waals surface area contributed by atoms with E-state index in [4.69, 9.17) is 37.9 Å². The largest absolute Gasteiger partial charge is 0.466 e. The summed E-state index contributed by atoms with van der Waals surface area (Å²) >= 11 is 0. The number of rotatable bonds is 24. The van der Waals surface area contributed by atoms with Crippen molar-refractivity contribution in [3.05, 3.63) is 59.8 Å². The molecule has 4 N–H and O–H groups in total. The molecule has 0 aliphatic carbocycles. The zero-order valence-corrected chi connectivity index (χ0v) is 40.9. The number of aliphatic hydroxyl groups is 4. The SMILES string of the molecule is CCC/C=C/C=C/C(=O)O[C@@H](/C(=C/C(=O)OC)CC)[C@@](O)(OC)C(C)(C)/C=C/[C@H]1C/C(=C\C(=O)OC)C[C@@H](CC2(O)O[C@H](C[C@@H](O)CC(=O)O[C@H](CC)[C@@H](C)O)C[C@H](OC(C)=O)C2(C)C)O1. The third-order valence-corrected chi connectivity index (χ3v) is 12.2. The van der Waals surface area contributed by atoms with Crippen molar-refractivity contribution in [1.29, 1.82) is 0 Å².